The zero-order valence-corrected chi connectivity index (χ0v) is 31.4. The maximum absolute atomic E-state index is 14.6. The largest absolute Gasteiger partial charge is 0.462 e. The van der Waals surface area contributed by atoms with Gasteiger partial charge in [-0.25, -0.2) is 4.79 Å². The van der Waals surface area contributed by atoms with Gasteiger partial charge in [-0.15, -0.1) is 0 Å². The molecule has 0 aromatic carbocycles. The van der Waals surface area contributed by atoms with Crippen molar-refractivity contribution >= 4 is 35.6 Å². The first-order valence-electron chi connectivity index (χ1n) is 17.6. The molecule has 0 amide bonds. The van der Waals surface area contributed by atoms with E-state index in [1.807, 2.05) is 0 Å². The van der Waals surface area contributed by atoms with Gasteiger partial charge in [0, 0.05) is 43.1 Å². The molecule has 0 radical (unpaired) electrons. The zero-order chi connectivity index (χ0) is 39.0. The van der Waals surface area contributed by atoms with E-state index < -0.39 is 119 Å². The van der Waals surface area contributed by atoms with Crippen LogP contribution in [0.5, 0.6) is 0 Å². The van der Waals surface area contributed by atoms with Gasteiger partial charge in [0.1, 0.15) is 17.8 Å². The highest BCUT2D eigenvalue weighted by atomic mass is 16.6. The molecule has 3 fully saturated rings. The predicted molar refractivity (Wildman–Crippen MR) is 182 cm³/mol. The second kappa shape index (κ2) is 15.4. The minimum absolute atomic E-state index is 0.00904. The third-order valence-electron chi connectivity index (χ3n) is 10.4. The molecule has 2 saturated heterocycles. The van der Waals surface area contributed by atoms with Crippen LogP contribution in [0.2, 0.25) is 0 Å². The number of fused-ring (bicyclic) bond motifs is 1. The summed E-state index contributed by atoms with van der Waals surface area (Å²) in [6.45, 7) is 19.3. The topological polar surface area (TPSA) is 191 Å². The number of ketones is 1. The van der Waals surface area contributed by atoms with Gasteiger partial charge >= 0.3 is 29.8 Å². The van der Waals surface area contributed by atoms with Crippen molar-refractivity contribution in [1.82, 2.24) is 4.98 Å². The van der Waals surface area contributed by atoms with E-state index in [0.29, 0.717) is 0 Å². The Balaban J connectivity index is 2.09. The molecule has 4 rings (SSSR count). The number of aliphatic hydroxyl groups excluding tert-OH is 1. The van der Waals surface area contributed by atoms with Crippen LogP contribution in [0, 0.1) is 35.0 Å². The molecule has 3 aliphatic rings. The minimum atomic E-state index is -1.79. The van der Waals surface area contributed by atoms with Crippen molar-refractivity contribution in [3.8, 4) is 0 Å². The Bertz CT molecular complexity index is 1570. The summed E-state index contributed by atoms with van der Waals surface area (Å²) in [6, 6.07) is 2.97. The number of esters is 5. The van der Waals surface area contributed by atoms with E-state index in [1.54, 1.807) is 55.4 Å². The first-order chi connectivity index (χ1) is 24.1. The number of Topliss-reactive ketones (excluding diaryl/α,β-unsaturated/α-hetero) is 1. The molecule has 1 aromatic rings. The average Bonchev–Trinajstić information content (AvgIpc) is 3.48. The van der Waals surface area contributed by atoms with Gasteiger partial charge in [-0.1, -0.05) is 62.0 Å². The maximum Gasteiger partial charge on any atom is 0.340 e. The van der Waals surface area contributed by atoms with Gasteiger partial charge in [0.25, 0.3) is 0 Å². The van der Waals surface area contributed by atoms with Gasteiger partial charge < -0.3 is 33.5 Å². The summed E-state index contributed by atoms with van der Waals surface area (Å²) in [5.41, 5.74) is -3.55. The Morgan fingerprint density at radius 1 is 0.904 bits per heavy atom. The van der Waals surface area contributed by atoms with Gasteiger partial charge in [0.05, 0.1) is 35.5 Å². The number of nitrogens with zero attached hydrogens (tertiary/aromatic N) is 1. The number of rotatable bonds is 8. The van der Waals surface area contributed by atoms with Crippen LogP contribution in [0.1, 0.15) is 86.0 Å². The summed E-state index contributed by atoms with van der Waals surface area (Å²) in [4.78, 5) is 84.9. The number of carbonyl (C=O) groups excluding carboxylic acids is 6. The zero-order valence-electron chi connectivity index (χ0n) is 31.4. The molecule has 3 heterocycles. The van der Waals surface area contributed by atoms with Crippen molar-refractivity contribution in [2.45, 2.75) is 124 Å². The van der Waals surface area contributed by atoms with Crippen molar-refractivity contribution in [3.63, 3.8) is 0 Å². The highest BCUT2D eigenvalue weighted by Gasteiger charge is 2.70. The minimum Gasteiger partial charge on any atom is -0.462 e. The predicted octanol–water partition coefficient (Wildman–Crippen LogP) is 3.56. The highest BCUT2D eigenvalue weighted by molar-refractivity contribution is 5.93. The number of aliphatic hydroxyl groups is 1. The molecule has 14 nitrogen and oxygen atoms in total. The standard InChI is InChI=1S/C38H51NO13/c1-17(2)34(44)49-28-20(6)27(48-23(9)41)25-26(47-22(8)40)19(5)15-38(25)31(42)21(7)29(52-38)32(43)37(10,11)33(30(28)50-35(45)18(3)4)51-36(46)24-13-12-14-39-16-24/h12-14,16-19,21,25-30,32-33,43H,6,15H2,1-5,7-11H3/t19-,21-,25+,26-,27-,28-,29-,30+,32+,33+,38+/m0/s1. The Morgan fingerprint density at radius 2 is 1.50 bits per heavy atom. The number of hydrogen-bond acceptors (Lipinski definition) is 14. The van der Waals surface area contributed by atoms with E-state index in [4.69, 9.17) is 28.4 Å². The number of hydrogen-bond donors (Lipinski definition) is 1. The lowest BCUT2D eigenvalue weighted by Crippen LogP contribution is -2.59. The van der Waals surface area contributed by atoms with Crippen molar-refractivity contribution in [2.75, 3.05) is 0 Å². The Hall–Kier alpha value is -4.17. The van der Waals surface area contributed by atoms with Crippen molar-refractivity contribution in [1.29, 1.82) is 0 Å². The van der Waals surface area contributed by atoms with Crippen LogP contribution in [0.25, 0.3) is 0 Å². The molecular formula is C38H51NO13. The van der Waals surface area contributed by atoms with Gasteiger partial charge in [0.15, 0.2) is 24.1 Å². The molecule has 286 valence electrons. The number of carbonyl (C=O) groups is 6. The van der Waals surface area contributed by atoms with Crippen molar-refractivity contribution in [3.05, 3.63) is 42.2 Å². The molecular weight excluding hydrogens is 678 g/mol. The third-order valence-corrected chi connectivity index (χ3v) is 10.4. The quantitative estimate of drug-likeness (QED) is 0.232. The van der Waals surface area contributed by atoms with E-state index in [9.17, 15) is 33.9 Å². The first-order valence-corrected chi connectivity index (χ1v) is 17.6. The fourth-order valence-electron chi connectivity index (χ4n) is 7.60. The van der Waals surface area contributed by atoms with Gasteiger partial charge in [0.2, 0.25) is 0 Å². The van der Waals surface area contributed by atoms with Crippen LogP contribution in [-0.4, -0.2) is 94.0 Å². The first kappa shape index (κ1) is 40.6. The van der Waals surface area contributed by atoms with Crippen LogP contribution >= 0.6 is 0 Å². The molecule has 0 unspecified atom stereocenters. The second-order valence-electron chi connectivity index (χ2n) is 15.4. The summed E-state index contributed by atoms with van der Waals surface area (Å²) in [6.07, 6.45) is -7.80. The highest BCUT2D eigenvalue weighted by Crippen LogP contribution is 2.56. The van der Waals surface area contributed by atoms with E-state index >= 15 is 0 Å². The van der Waals surface area contributed by atoms with Gasteiger partial charge in [-0.2, -0.15) is 0 Å². The summed E-state index contributed by atoms with van der Waals surface area (Å²) in [5, 5.41) is 12.3. The monoisotopic (exact) mass is 729 g/mol. The van der Waals surface area contributed by atoms with Crippen LogP contribution in [-0.2, 0) is 52.4 Å². The molecule has 1 aromatic heterocycles. The summed E-state index contributed by atoms with van der Waals surface area (Å²) in [5.74, 6) is -8.62. The lowest BCUT2D eigenvalue weighted by Gasteiger charge is -2.45. The van der Waals surface area contributed by atoms with Gasteiger partial charge in [-0.3, -0.25) is 29.0 Å². The molecule has 2 aliphatic heterocycles. The molecule has 2 bridgehead atoms. The lowest BCUT2D eigenvalue weighted by molar-refractivity contribution is -0.200. The van der Waals surface area contributed by atoms with E-state index in [2.05, 4.69) is 11.6 Å². The molecule has 1 spiro atoms. The average molecular weight is 730 g/mol. The number of pyridine rings is 1. The summed E-state index contributed by atoms with van der Waals surface area (Å²) >= 11 is 0. The maximum atomic E-state index is 14.6. The van der Waals surface area contributed by atoms with Crippen LogP contribution in [0.15, 0.2) is 36.7 Å². The van der Waals surface area contributed by atoms with Crippen LogP contribution in [0.4, 0.5) is 0 Å². The molecule has 11 atom stereocenters. The Kier molecular flexibility index (Phi) is 12.1. The summed E-state index contributed by atoms with van der Waals surface area (Å²) < 4.78 is 36.8. The normalized spacial score (nSPS) is 34.2. The fourth-order valence-corrected chi connectivity index (χ4v) is 7.60. The molecule has 14 heteroatoms. The van der Waals surface area contributed by atoms with E-state index in [-0.39, 0.29) is 17.6 Å². The van der Waals surface area contributed by atoms with Crippen molar-refractivity contribution < 1.29 is 62.3 Å². The number of ether oxygens (including phenoxy) is 6. The third kappa shape index (κ3) is 7.64. The second-order valence-corrected chi connectivity index (χ2v) is 15.4. The molecule has 1 saturated carbocycles. The van der Waals surface area contributed by atoms with Crippen LogP contribution < -0.4 is 0 Å². The van der Waals surface area contributed by atoms with E-state index in [0.717, 1.165) is 6.92 Å². The summed E-state index contributed by atoms with van der Waals surface area (Å²) in [7, 11) is 0. The van der Waals surface area contributed by atoms with E-state index in [1.165, 1.54) is 31.5 Å². The lowest BCUT2D eigenvalue weighted by atomic mass is 9.70. The Labute approximate surface area is 303 Å². The SMILES string of the molecule is C=C1[C@H](OC(=O)C(C)C)[C@@H](OC(=O)C(C)C)[C@@H](OC(=O)c2cccnc2)C(C)(C)[C@H](O)[C@H]2O[C@@]3(C[C@H](C)[C@H](OC(C)=O)[C@@H]3[C@H]1OC(C)=O)C(=O)[C@H]2C. The molecule has 1 aliphatic carbocycles. The fraction of sp³-hybridized carbons (Fsp3) is 0.658. The molecule has 52 heavy (non-hydrogen) atoms. The smallest absolute Gasteiger partial charge is 0.340 e. The van der Waals surface area contributed by atoms with Crippen molar-refractivity contribution in [2.24, 2.45) is 35.0 Å². The van der Waals surface area contributed by atoms with Crippen LogP contribution in [0.3, 0.4) is 0 Å². The molecule has 1 N–H and O–H groups in total. The van der Waals surface area contributed by atoms with Gasteiger partial charge in [-0.05, 0) is 24.5 Å². The Morgan fingerprint density at radius 3 is 2.04 bits per heavy atom. The number of aromatic nitrogens is 1.